The molecule has 0 saturated heterocycles. The summed E-state index contributed by atoms with van der Waals surface area (Å²) in [5.74, 6) is -1.18. The number of para-hydroxylation sites is 1. The minimum absolute atomic E-state index is 0.131. The third kappa shape index (κ3) is 3.76. The average Bonchev–Trinajstić information content (AvgIpc) is 2.29. The van der Waals surface area contributed by atoms with E-state index in [0.29, 0.717) is 6.54 Å². The van der Waals surface area contributed by atoms with Gasteiger partial charge in [0.2, 0.25) is 0 Å². The van der Waals surface area contributed by atoms with Gasteiger partial charge in [0.05, 0.1) is 0 Å². The number of carboxylic acid groups (broad SMARTS) is 1. The Kier molecular flexibility index (Phi) is 4.47. The number of nitrogens with two attached hydrogens (primary N) is 2. The molecule has 1 aromatic carbocycles. The molecule has 6 heteroatoms. The minimum atomic E-state index is -1.05. The fraction of sp³-hybridized carbons (Fsp3) is 0.273. The molecule has 0 radical (unpaired) electrons. The second-order valence-electron chi connectivity index (χ2n) is 3.61. The average molecular weight is 236 g/mol. The van der Waals surface area contributed by atoms with Gasteiger partial charge in [-0.15, -0.1) is 0 Å². The highest BCUT2D eigenvalue weighted by atomic mass is 16.4. The Bertz CT molecular complexity index is 394. The van der Waals surface area contributed by atoms with E-state index < -0.39 is 12.0 Å². The first-order valence-electron chi connectivity index (χ1n) is 5.17. The maximum Gasteiger partial charge on any atom is 0.320 e. The van der Waals surface area contributed by atoms with Gasteiger partial charge in [-0.2, -0.15) is 0 Å². The van der Waals surface area contributed by atoms with Gasteiger partial charge in [0, 0.05) is 12.2 Å². The van der Waals surface area contributed by atoms with Crippen LogP contribution in [0.2, 0.25) is 0 Å². The van der Waals surface area contributed by atoms with E-state index in [1.807, 2.05) is 18.2 Å². The maximum absolute atomic E-state index is 10.6. The Morgan fingerprint density at radius 1 is 1.41 bits per heavy atom. The Hall–Kier alpha value is -2.08. The van der Waals surface area contributed by atoms with Crippen LogP contribution in [-0.4, -0.2) is 29.6 Å². The van der Waals surface area contributed by atoms with Crippen molar-refractivity contribution in [3.8, 4) is 0 Å². The van der Waals surface area contributed by atoms with Gasteiger partial charge in [0.1, 0.15) is 6.04 Å². The quantitative estimate of drug-likeness (QED) is 0.430. The Morgan fingerprint density at radius 3 is 2.47 bits per heavy atom. The fourth-order valence-electron chi connectivity index (χ4n) is 1.39. The van der Waals surface area contributed by atoms with E-state index in [9.17, 15) is 4.79 Å². The second kappa shape index (κ2) is 5.86. The number of guanidine groups is 1. The molecule has 1 atom stereocenters. The summed E-state index contributed by atoms with van der Waals surface area (Å²) in [5, 5.41) is 16.1. The van der Waals surface area contributed by atoms with Gasteiger partial charge in [0.25, 0.3) is 0 Å². The molecule has 1 rings (SSSR count). The van der Waals surface area contributed by atoms with Crippen molar-refractivity contribution in [2.45, 2.75) is 12.5 Å². The molecule has 92 valence electrons. The van der Waals surface area contributed by atoms with Gasteiger partial charge in [-0.1, -0.05) is 18.2 Å². The van der Waals surface area contributed by atoms with Crippen molar-refractivity contribution in [3.63, 3.8) is 0 Å². The number of hydrogen-bond acceptors (Lipinski definition) is 3. The van der Waals surface area contributed by atoms with Crippen LogP contribution in [-0.2, 0) is 4.79 Å². The number of rotatable bonds is 5. The van der Waals surface area contributed by atoms with Crippen LogP contribution in [0.3, 0.4) is 0 Å². The van der Waals surface area contributed by atoms with Gasteiger partial charge in [-0.25, -0.2) is 0 Å². The third-order valence-corrected chi connectivity index (χ3v) is 2.34. The molecule has 0 aliphatic heterocycles. The summed E-state index contributed by atoms with van der Waals surface area (Å²) in [6, 6.07) is 8.15. The van der Waals surface area contributed by atoms with E-state index >= 15 is 0 Å². The molecule has 0 spiro atoms. The highest BCUT2D eigenvalue weighted by Crippen LogP contribution is 2.13. The van der Waals surface area contributed by atoms with Crippen LogP contribution in [0.25, 0.3) is 0 Å². The Morgan fingerprint density at radius 2 is 2.00 bits per heavy atom. The van der Waals surface area contributed by atoms with E-state index in [-0.39, 0.29) is 12.4 Å². The summed E-state index contributed by atoms with van der Waals surface area (Å²) in [7, 11) is 0. The summed E-state index contributed by atoms with van der Waals surface area (Å²) in [5.41, 5.74) is 11.6. The molecule has 0 aromatic heterocycles. The van der Waals surface area contributed by atoms with Crippen LogP contribution in [0.1, 0.15) is 6.42 Å². The lowest BCUT2D eigenvalue weighted by Gasteiger charge is -2.23. The number of nitrogens with one attached hydrogen (secondary N) is 1. The zero-order valence-electron chi connectivity index (χ0n) is 9.34. The zero-order chi connectivity index (χ0) is 12.8. The van der Waals surface area contributed by atoms with Crippen molar-refractivity contribution in [2.75, 3.05) is 11.4 Å². The van der Waals surface area contributed by atoms with Crippen LogP contribution in [0.5, 0.6) is 0 Å². The van der Waals surface area contributed by atoms with Gasteiger partial charge in [-0.05, 0) is 18.6 Å². The maximum atomic E-state index is 10.6. The lowest BCUT2D eigenvalue weighted by Crippen LogP contribution is -2.41. The predicted octanol–water partition coefficient (Wildman–Crippen LogP) is 0.188. The van der Waals surface area contributed by atoms with Crippen LogP contribution >= 0.6 is 0 Å². The summed E-state index contributed by atoms with van der Waals surface area (Å²) in [4.78, 5) is 12.1. The monoisotopic (exact) mass is 236 g/mol. The molecular formula is C11H16N4O2. The molecule has 1 aromatic rings. The lowest BCUT2D eigenvalue weighted by molar-refractivity contribution is -0.138. The SMILES string of the molecule is N=C(N)N(CC[C@H](N)C(=O)O)c1ccccc1. The Labute approximate surface area is 99.3 Å². The van der Waals surface area contributed by atoms with E-state index in [1.54, 1.807) is 12.1 Å². The van der Waals surface area contributed by atoms with Crippen molar-refractivity contribution in [1.82, 2.24) is 0 Å². The first-order valence-corrected chi connectivity index (χ1v) is 5.17. The van der Waals surface area contributed by atoms with Crippen LogP contribution in [0, 0.1) is 5.41 Å². The summed E-state index contributed by atoms with van der Waals surface area (Å²) >= 11 is 0. The number of anilines is 1. The molecule has 0 amide bonds. The highest BCUT2D eigenvalue weighted by molar-refractivity contribution is 5.92. The number of hydrogen-bond donors (Lipinski definition) is 4. The topological polar surface area (TPSA) is 116 Å². The van der Waals surface area contributed by atoms with Crippen molar-refractivity contribution in [2.24, 2.45) is 11.5 Å². The molecule has 6 N–H and O–H groups in total. The largest absolute Gasteiger partial charge is 0.480 e. The normalized spacial score (nSPS) is 11.8. The number of aliphatic carboxylic acids is 1. The van der Waals surface area contributed by atoms with Crippen LogP contribution in [0.15, 0.2) is 30.3 Å². The molecule has 17 heavy (non-hydrogen) atoms. The fourth-order valence-corrected chi connectivity index (χ4v) is 1.39. The third-order valence-electron chi connectivity index (χ3n) is 2.34. The van der Waals surface area contributed by atoms with E-state index in [4.69, 9.17) is 22.0 Å². The van der Waals surface area contributed by atoms with Gasteiger partial charge >= 0.3 is 5.97 Å². The van der Waals surface area contributed by atoms with Crippen molar-refractivity contribution >= 4 is 17.6 Å². The highest BCUT2D eigenvalue weighted by Gasteiger charge is 2.15. The van der Waals surface area contributed by atoms with E-state index in [0.717, 1.165) is 5.69 Å². The summed E-state index contributed by atoms with van der Waals surface area (Å²) in [6.07, 6.45) is 0.226. The van der Waals surface area contributed by atoms with Crippen molar-refractivity contribution < 1.29 is 9.90 Å². The molecule has 6 nitrogen and oxygen atoms in total. The number of carboxylic acids is 1. The van der Waals surface area contributed by atoms with E-state index in [2.05, 4.69) is 0 Å². The molecule has 0 bridgehead atoms. The van der Waals surface area contributed by atoms with Gasteiger partial charge in [-0.3, -0.25) is 10.2 Å². The van der Waals surface area contributed by atoms with Crippen LogP contribution < -0.4 is 16.4 Å². The molecule has 0 aliphatic rings. The van der Waals surface area contributed by atoms with Crippen molar-refractivity contribution in [3.05, 3.63) is 30.3 Å². The first-order chi connectivity index (χ1) is 8.02. The first kappa shape index (κ1) is 13.0. The summed E-state index contributed by atoms with van der Waals surface area (Å²) < 4.78 is 0. The lowest BCUT2D eigenvalue weighted by atomic mass is 10.2. The number of benzene rings is 1. The number of nitrogens with zero attached hydrogens (tertiary/aromatic N) is 1. The smallest absolute Gasteiger partial charge is 0.320 e. The predicted molar refractivity (Wildman–Crippen MR) is 65.9 cm³/mol. The molecule has 0 unspecified atom stereocenters. The minimum Gasteiger partial charge on any atom is -0.480 e. The molecule has 0 aliphatic carbocycles. The molecule has 0 fully saturated rings. The molecule has 0 heterocycles. The molecular weight excluding hydrogens is 220 g/mol. The van der Waals surface area contributed by atoms with Gasteiger partial charge in [0.15, 0.2) is 5.96 Å². The van der Waals surface area contributed by atoms with E-state index in [1.165, 1.54) is 4.90 Å². The summed E-state index contributed by atoms with van der Waals surface area (Å²) in [6.45, 7) is 0.298. The van der Waals surface area contributed by atoms with Crippen molar-refractivity contribution in [1.29, 1.82) is 5.41 Å². The zero-order valence-corrected chi connectivity index (χ0v) is 9.34. The molecule has 0 saturated carbocycles. The van der Waals surface area contributed by atoms with Gasteiger partial charge < -0.3 is 21.5 Å². The second-order valence-corrected chi connectivity index (χ2v) is 3.61. The Balaban J connectivity index is 2.69. The van der Waals surface area contributed by atoms with Crippen LogP contribution in [0.4, 0.5) is 5.69 Å². The standard InChI is InChI=1S/C11H16N4O2/c12-9(10(16)17)6-7-15(11(13)14)8-4-2-1-3-5-8/h1-5,9H,6-7,12H2,(H3,13,14)(H,16,17)/t9-/m0/s1. The number of carbonyl (C=O) groups is 1.